The normalized spacial score (nSPS) is 11.2. The van der Waals surface area contributed by atoms with Gasteiger partial charge in [-0.25, -0.2) is 4.98 Å². The zero-order chi connectivity index (χ0) is 11.6. The molecular weight excluding hydrogens is 230 g/mol. The van der Waals surface area contributed by atoms with E-state index in [1.54, 1.807) is 12.1 Å². The van der Waals surface area contributed by atoms with Crippen LogP contribution in [0.5, 0.6) is 5.75 Å². The van der Waals surface area contributed by atoms with Crippen LogP contribution in [-0.4, -0.2) is 23.5 Å². The molecule has 1 aromatic carbocycles. The fourth-order valence-corrected chi connectivity index (χ4v) is 2.13. The Labute approximate surface area is 92.0 Å². The van der Waals surface area contributed by atoms with Crippen LogP contribution in [0.2, 0.25) is 0 Å². The number of aromatic nitrogens is 2. The molecule has 0 saturated heterocycles. The molecule has 1 aromatic heterocycles. The average Bonchev–Trinajstić information content (AvgIpc) is 2.75. The van der Waals surface area contributed by atoms with Gasteiger partial charge in [0.05, 0.1) is 18.2 Å². The molecule has 0 spiro atoms. The van der Waals surface area contributed by atoms with E-state index in [1.165, 1.54) is 24.7 Å². The number of aromatic hydroxyl groups is 1. The molecule has 0 aliphatic rings. The number of imidazole rings is 1. The second kappa shape index (κ2) is 3.86. The summed E-state index contributed by atoms with van der Waals surface area (Å²) < 4.78 is 25.7. The van der Waals surface area contributed by atoms with Crippen molar-refractivity contribution in [1.82, 2.24) is 9.97 Å². The van der Waals surface area contributed by atoms with E-state index in [1.807, 2.05) is 0 Å². The fourth-order valence-electron chi connectivity index (χ4n) is 1.15. The van der Waals surface area contributed by atoms with E-state index in [-0.39, 0.29) is 16.5 Å². The van der Waals surface area contributed by atoms with Gasteiger partial charge in [0, 0.05) is 0 Å². The molecule has 0 bridgehead atoms. The maximum absolute atomic E-state index is 11.7. The summed E-state index contributed by atoms with van der Waals surface area (Å²) in [5, 5.41) is 9.36. The second-order valence-electron chi connectivity index (χ2n) is 3.04. The molecule has 2 rings (SSSR count). The van der Waals surface area contributed by atoms with Crippen LogP contribution in [0.15, 0.2) is 41.8 Å². The summed E-state index contributed by atoms with van der Waals surface area (Å²) >= 11 is 0. The molecule has 0 atom stereocenters. The summed E-state index contributed by atoms with van der Waals surface area (Å²) in [5.41, 5.74) is 0.122. The molecule has 7 heteroatoms. The Bertz CT molecular complexity index is 578. The minimum atomic E-state index is -3.72. The van der Waals surface area contributed by atoms with E-state index < -0.39 is 10.0 Å². The van der Waals surface area contributed by atoms with E-state index in [0.29, 0.717) is 0 Å². The lowest BCUT2D eigenvalue weighted by molar-refractivity contribution is 0.477. The van der Waals surface area contributed by atoms with Crippen molar-refractivity contribution >= 4 is 15.7 Å². The minimum absolute atomic E-state index is 0.0595. The highest BCUT2D eigenvalue weighted by Gasteiger charge is 2.16. The molecule has 3 N–H and O–H groups in total. The molecule has 2 aromatic rings. The van der Waals surface area contributed by atoms with Gasteiger partial charge in [-0.15, -0.1) is 0 Å². The maximum Gasteiger partial charge on any atom is 0.279 e. The van der Waals surface area contributed by atoms with Gasteiger partial charge in [-0.2, -0.15) is 8.42 Å². The van der Waals surface area contributed by atoms with Crippen molar-refractivity contribution < 1.29 is 13.5 Å². The standard InChI is InChI=1S/C9H9N3O3S/c13-8-4-2-1-3-7(8)12-16(14,15)9-5-10-6-11-9/h1-6,12-13H,(H,10,11). The number of aromatic amines is 1. The van der Waals surface area contributed by atoms with Crippen LogP contribution < -0.4 is 4.72 Å². The van der Waals surface area contributed by atoms with Gasteiger partial charge in [-0.1, -0.05) is 12.1 Å². The van der Waals surface area contributed by atoms with E-state index in [0.717, 1.165) is 0 Å². The molecule has 0 amide bonds. The fraction of sp³-hybridized carbons (Fsp3) is 0. The minimum Gasteiger partial charge on any atom is -0.506 e. The third-order valence-corrected chi connectivity index (χ3v) is 3.20. The van der Waals surface area contributed by atoms with Crippen molar-refractivity contribution in [1.29, 1.82) is 0 Å². The van der Waals surface area contributed by atoms with Gasteiger partial charge in [-0.05, 0) is 12.1 Å². The highest BCUT2D eigenvalue weighted by atomic mass is 32.2. The molecule has 0 radical (unpaired) electrons. The van der Waals surface area contributed by atoms with Crippen molar-refractivity contribution in [3.05, 3.63) is 36.8 Å². The Morgan fingerprint density at radius 1 is 1.31 bits per heavy atom. The SMILES string of the molecule is O=S(=O)(Nc1ccccc1O)c1cnc[nH]1. The Hall–Kier alpha value is -2.02. The summed E-state index contributed by atoms with van der Waals surface area (Å²) in [6, 6.07) is 6.07. The lowest BCUT2D eigenvalue weighted by atomic mass is 10.3. The first-order valence-electron chi connectivity index (χ1n) is 4.39. The van der Waals surface area contributed by atoms with Crippen molar-refractivity contribution in [3.8, 4) is 5.75 Å². The predicted molar refractivity (Wildman–Crippen MR) is 57.5 cm³/mol. The summed E-state index contributed by atoms with van der Waals surface area (Å²) in [6.45, 7) is 0. The first-order chi connectivity index (χ1) is 7.59. The van der Waals surface area contributed by atoms with Crippen molar-refractivity contribution in [3.63, 3.8) is 0 Å². The van der Waals surface area contributed by atoms with Crippen molar-refractivity contribution in [2.24, 2.45) is 0 Å². The maximum atomic E-state index is 11.7. The Balaban J connectivity index is 2.33. The van der Waals surface area contributed by atoms with Crippen LogP contribution in [0.25, 0.3) is 0 Å². The van der Waals surface area contributed by atoms with Crippen molar-refractivity contribution in [2.75, 3.05) is 4.72 Å². The molecule has 1 heterocycles. The van der Waals surface area contributed by atoms with Crippen LogP contribution in [-0.2, 0) is 10.0 Å². The van der Waals surface area contributed by atoms with E-state index >= 15 is 0 Å². The smallest absolute Gasteiger partial charge is 0.279 e. The number of anilines is 1. The zero-order valence-electron chi connectivity index (χ0n) is 8.08. The summed E-state index contributed by atoms with van der Waals surface area (Å²) in [7, 11) is -3.72. The number of hydrogen-bond donors (Lipinski definition) is 3. The molecular formula is C9H9N3O3S. The topological polar surface area (TPSA) is 95.1 Å². The quantitative estimate of drug-likeness (QED) is 0.694. The molecule has 84 valence electrons. The Kier molecular flexibility index (Phi) is 2.53. The molecule has 0 aliphatic heterocycles. The van der Waals surface area contributed by atoms with Gasteiger partial charge in [0.15, 0.2) is 5.03 Å². The highest BCUT2D eigenvalue weighted by molar-refractivity contribution is 7.92. The molecule has 6 nitrogen and oxygen atoms in total. The molecule has 0 saturated carbocycles. The molecule has 16 heavy (non-hydrogen) atoms. The van der Waals surface area contributed by atoms with Gasteiger partial charge in [-0.3, -0.25) is 4.72 Å². The number of phenols is 1. The number of phenolic OH excluding ortho intramolecular Hbond substituents is 1. The number of nitrogens with one attached hydrogen (secondary N) is 2. The number of benzene rings is 1. The number of H-pyrrole nitrogens is 1. The van der Waals surface area contributed by atoms with E-state index in [9.17, 15) is 13.5 Å². The number of nitrogens with zero attached hydrogens (tertiary/aromatic N) is 1. The van der Waals surface area contributed by atoms with Gasteiger partial charge >= 0.3 is 0 Å². The molecule has 0 fully saturated rings. The lowest BCUT2D eigenvalue weighted by Gasteiger charge is -2.07. The third-order valence-electron chi connectivity index (χ3n) is 1.91. The number of hydrogen-bond acceptors (Lipinski definition) is 4. The Morgan fingerprint density at radius 2 is 2.06 bits per heavy atom. The lowest BCUT2D eigenvalue weighted by Crippen LogP contribution is -2.13. The Morgan fingerprint density at radius 3 is 2.69 bits per heavy atom. The average molecular weight is 239 g/mol. The monoisotopic (exact) mass is 239 g/mol. The van der Waals surface area contributed by atoms with E-state index in [4.69, 9.17) is 0 Å². The van der Waals surface area contributed by atoms with Gasteiger partial charge in [0.1, 0.15) is 5.75 Å². The third kappa shape index (κ3) is 1.98. The summed E-state index contributed by atoms with van der Waals surface area (Å²) in [6.07, 6.45) is 2.45. The van der Waals surface area contributed by atoms with E-state index in [2.05, 4.69) is 14.7 Å². The number of sulfonamides is 1. The van der Waals surface area contributed by atoms with Crippen LogP contribution in [0, 0.1) is 0 Å². The second-order valence-corrected chi connectivity index (χ2v) is 4.69. The summed E-state index contributed by atoms with van der Waals surface area (Å²) in [5.74, 6) is -0.134. The highest BCUT2D eigenvalue weighted by Crippen LogP contribution is 2.24. The zero-order valence-corrected chi connectivity index (χ0v) is 8.90. The summed E-state index contributed by atoms with van der Waals surface area (Å²) in [4.78, 5) is 6.09. The van der Waals surface area contributed by atoms with Crippen LogP contribution in [0.3, 0.4) is 0 Å². The largest absolute Gasteiger partial charge is 0.506 e. The van der Waals surface area contributed by atoms with Gasteiger partial charge in [0.25, 0.3) is 10.0 Å². The number of para-hydroxylation sites is 2. The van der Waals surface area contributed by atoms with Crippen molar-refractivity contribution in [2.45, 2.75) is 5.03 Å². The van der Waals surface area contributed by atoms with Crippen LogP contribution >= 0.6 is 0 Å². The first kappa shape index (κ1) is 10.5. The molecule has 0 aliphatic carbocycles. The van der Waals surface area contributed by atoms with Crippen LogP contribution in [0.4, 0.5) is 5.69 Å². The molecule has 0 unspecified atom stereocenters. The first-order valence-corrected chi connectivity index (χ1v) is 5.87. The number of rotatable bonds is 3. The van der Waals surface area contributed by atoms with Crippen LogP contribution in [0.1, 0.15) is 0 Å². The van der Waals surface area contributed by atoms with Gasteiger partial charge < -0.3 is 10.1 Å². The predicted octanol–water partition coefficient (Wildman–Crippen LogP) is 0.916. The van der Waals surface area contributed by atoms with Gasteiger partial charge in [0.2, 0.25) is 0 Å².